The van der Waals surface area contributed by atoms with E-state index in [9.17, 15) is 9.59 Å². The standard InChI is InChI=1S/C21H22N2O5S/c1-13-7-5-6-8-15(13)22-12-23-20(24)18(29-21(23)25)11-14-9-16(26-2)19(28-4)17(10-14)27-3/h5-11,22H,12H2,1-4H3. The van der Waals surface area contributed by atoms with Crippen LogP contribution in [0.5, 0.6) is 17.2 Å². The number of carbonyl (C=O) groups is 2. The second-order valence-corrected chi connectivity index (χ2v) is 7.21. The first-order valence-electron chi connectivity index (χ1n) is 8.83. The second-order valence-electron chi connectivity index (χ2n) is 6.22. The minimum absolute atomic E-state index is 0.0993. The molecule has 0 bridgehead atoms. The highest BCUT2D eigenvalue weighted by Gasteiger charge is 2.35. The molecule has 2 amide bonds. The van der Waals surface area contributed by atoms with Gasteiger partial charge < -0.3 is 19.5 Å². The summed E-state index contributed by atoms with van der Waals surface area (Å²) in [6.07, 6.45) is 1.64. The van der Waals surface area contributed by atoms with Crippen molar-refractivity contribution in [1.29, 1.82) is 0 Å². The monoisotopic (exact) mass is 414 g/mol. The van der Waals surface area contributed by atoms with Crippen molar-refractivity contribution in [3.63, 3.8) is 0 Å². The third-order valence-electron chi connectivity index (χ3n) is 4.43. The molecule has 1 N–H and O–H groups in total. The minimum atomic E-state index is -0.352. The van der Waals surface area contributed by atoms with E-state index in [1.165, 1.54) is 26.2 Å². The van der Waals surface area contributed by atoms with Gasteiger partial charge in [-0.2, -0.15) is 0 Å². The topological polar surface area (TPSA) is 77.1 Å². The van der Waals surface area contributed by atoms with Gasteiger partial charge in [0.2, 0.25) is 5.75 Å². The van der Waals surface area contributed by atoms with E-state index >= 15 is 0 Å². The van der Waals surface area contributed by atoms with Crippen LogP contribution in [-0.4, -0.2) is 44.0 Å². The Morgan fingerprint density at radius 3 is 2.28 bits per heavy atom. The van der Waals surface area contributed by atoms with Crippen molar-refractivity contribution >= 4 is 34.7 Å². The van der Waals surface area contributed by atoms with Crippen molar-refractivity contribution in [2.24, 2.45) is 0 Å². The molecule has 1 aliphatic rings. The number of nitrogens with zero attached hydrogens (tertiary/aromatic N) is 1. The first kappa shape index (κ1) is 20.6. The summed E-state index contributed by atoms with van der Waals surface area (Å²) >= 11 is 0.898. The second kappa shape index (κ2) is 8.91. The molecule has 1 aliphatic heterocycles. The number of imide groups is 1. The largest absolute Gasteiger partial charge is 0.493 e. The molecule has 152 valence electrons. The Morgan fingerprint density at radius 2 is 1.69 bits per heavy atom. The van der Waals surface area contributed by atoms with Crippen molar-refractivity contribution in [3.8, 4) is 17.2 Å². The predicted octanol–water partition coefficient (Wildman–Crippen LogP) is 4.13. The van der Waals surface area contributed by atoms with Gasteiger partial charge in [0.25, 0.3) is 11.1 Å². The zero-order valence-corrected chi connectivity index (χ0v) is 17.5. The van der Waals surface area contributed by atoms with E-state index in [2.05, 4.69) is 5.32 Å². The van der Waals surface area contributed by atoms with Crippen LogP contribution in [0.1, 0.15) is 11.1 Å². The maximum Gasteiger partial charge on any atom is 0.295 e. The number of hydrogen-bond donors (Lipinski definition) is 1. The predicted molar refractivity (Wildman–Crippen MR) is 114 cm³/mol. The van der Waals surface area contributed by atoms with Crippen molar-refractivity contribution in [2.45, 2.75) is 6.92 Å². The number of thioether (sulfide) groups is 1. The Balaban J connectivity index is 1.82. The van der Waals surface area contributed by atoms with E-state index in [0.29, 0.717) is 27.7 Å². The van der Waals surface area contributed by atoms with Crippen molar-refractivity contribution in [2.75, 3.05) is 33.3 Å². The molecule has 0 atom stereocenters. The molecule has 3 rings (SSSR count). The summed E-state index contributed by atoms with van der Waals surface area (Å²) in [6, 6.07) is 11.1. The summed E-state index contributed by atoms with van der Waals surface area (Å²) in [5.74, 6) is 1.05. The molecule has 29 heavy (non-hydrogen) atoms. The number of anilines is 1. The van der Waals surface area contributed by atoms with E-state index in [-0.39, 0.29) is 17.8 Å². The van der Waals surface area contributed by atoms with E-state index in [0.717, 1.165) is 23.0 Å². The quantitative estimate of drug-likeness (QED) is 0.683. The molecular weight excluding hydrogens is 392 g/mol. The number of aryl methyl sites for hydroxylation is 1. The van der Waals surface area contributed by atoms with E-state index in [1.807, 2.05) is 31.2 Å². The first-order valence-corrected chi connectivity index (χ1v) is 9.65. The Bertz CT molecular complexity index is 948. The molecule has 0 radical (unpaired) electrons. The van der Waals surface area contributed by atoms with Crippen molar-refractivity contribution in [3.05, 3.63) is 52.4 Å². The SMILES string of the molecule is COc1cc(C=C2SC(=O)N(CNc3ccccc3C)C2=O)cc(OC)c1OC. The third kappa shape index (κ3) is 4.32. The van der Waals surface area contributed by atoms with Crippen LogP contribution < -0.4 is 19.5 Å². The Morgan fingerprint density at radius 1 is 1.03 bits per heavy atom. The summed E-state index contributed by atoms with van der Waals surface area (Å²) < 4.78 is 16.0. The Kier molecular flexibility index (Phi) is 6.33. The lowest BCUT2D eigenvalue weighted by molar-refractivity contribution is -0.122. The fraction of sp³-hybridized carbons (Fsp3) is 0.238. The fourth-order valence-electron chi connectivity index (χ4n) is 2.91. The molecule has 1 fully saturated rings. The number of carbonyl (C=O) groups excluding carboxylic acids is 2. The van der Waals surface area contributed by atoms with Crippen molar-refractivity contribution in [1.82, 2.24) is 4.90 Å². The van der Waals surface area contributed by atoms with Gasteiger partial charge in [0.1, 0.15) is 0 Å². The summed E-state index contributed by atoms with van der Waals surface area (Å²) in [5, 5.41) is 2.81. The highest BCUT2D eigenvalue weighted by atomic mass is 32.2. The number of ether oxygens (including phenoxy) is 3. The van der Waals surface area contributed by atoms with E-state index < -0.39 is 0 Å². The van der Waals surface area contributed by atoms with Crippen LogP contribution in [0.2, 0.25) is 0 Å². The average Bonchev–Trinajstić information content (AvgIpc) is 2.99. The van der Waals surface area contributed by atoms with Gasteiger partial charge in [0.05, 0.1) is 32.9 Å². The highest BCUT2D eigenvalue weighted by Crippen LogP contribution is 2.40. The smallest absolute Gasteiger partial charge is 0.295 e. The van der Waals surface area contributed by atoms with E-state index in [1.54, 1.807) is 18.2 Å². The molecule has 0 saturated carbocycles. The Labute approximate surface area is 173 Å². The molecule has 1 heterocycles. The van der Waals surface area contributed by atoms with Gasteiger partial charge in [-0.05, 0) is 54.1 Å². The maximum atomic E-state index is 12.7. The third-order valence-corrected chi connectivity index (χ3v) is 5.34. The minimum Gasteiger partial charge on any atom is -0.493 e. The lowest BCUT2D eigenvalue weighted by atomic mass is 10.1. The van der Waals surface area contributed by atoms with Crippen LogP contribution in [-0.2, 0) is 4.79 Å². The molecule has 7 nitrogen and oxygen atoms in total. The molecule has 2 aromatic rings. The summed E-state index contributed by atoms with van der Waals surface area (Å²) in [6.45, 7) is 2.06. The normalized spacial score (nSPS) is 15.0. The molecule has 2 aromatic carbocycles. The van der Waals surface area contributed by atoms with Crippen LogP contribution in [0, 0.1) is 6.92 Å². The molecule has 0 unspecified atom stereocenters. The highest BCUT2D eigenvalue weighted by molar-refractivity contribution is 8.18. The van der Waals surface area contributed by atoms with Crippen LogP contribution >= 0.6 is 11.8 Å². The van der Waals surface area contributed by atoms with Crippen LogP contribution in [0.3, 0.4) is 0 Å². The van der Waals surface area contributed by atoms with Gasteiger partial charge in [-0.25, -0.2) is 0 Å². The molecule has 8 heteroatoms. The Hall–Kier alpha value is -3.13. The van der Waals surface area contributed by atoms with Crippen LogP contribution in [0.25, 0.3) is 6.08 Å². The molecule has 0 spiro atoms. The zero-order chi connectivity index (χ0) is 21.0. The molecular formula is C21H22N2O5S. The van der Waals surface area contributed by atoms with Gasteiger partial charge in [0.15, 0.2) is 11.5 Å². The van der Waals surface area contributed by atoms with Gasteiger partial charge in [-0.15, -0.1) is 0 Å². The van der Waals surface area contributed by atoms with Gasteiger partial charge >= 0.3 is 0 Å². The van der Waals surface area contributed by atoms with Gasteiger partial charge in [0, 0.05) is 5.69 Å². The number of amides is 2. The molecule has 0 aromatic heterocycles. The number of nitrogens with one attached hydrogen (secondary N) is 1. The summed E-state index contributed by atoms with van der Waals surface area (Å²) in [7, 11) is 4.56. The van der Waals surface area contributed by atoms with Crippen LogP contribution in [0.4, 0.5) is 10.5 Å². The maximum absolute atomic E-state index is 12.7. The number of benzene rings is 2. The van der Waals surface area contributed by atoms with Gasteiger partial charge in [-0.3, -0.25) is 14.5 Å². The van der Waals surface area contributed by atoms with Crippen molar-refractivity contribution < 1.29 is 23.8 Å². The summed E-state index contributed by atoms with van der Waals surface area (Å²) in [5.41, 5.74) is 2.57. The number of hydrogen-bond acceptors (Lipinski definition) is 7. The average molecular weight is 414 g/mol. The lowest BCUT2D eigenvalue weighted by Gasteiger charge is -2.15. The lowest BCUT2D eigenvalue weighted by Crippen LogP contribution is -2.33. The van der Waals surface area contributed by atoms with Crippen LogP contribution in [0.15, 0.2) is 41.3 Å². The number of para-hydroxylation sites is 1. The number of rotatable bonds is 7. The summed E-state index contributed by atoms with van der Waals surface area (Å²) in [4.78, 5) is 26.6. The van der Waals surface area contributed by atoms with E-state index in [4.69, 9.17) is 14.2 Å². The molecule has 0 aliphatic carbocycles. The van der Waals surface area contributed by atoms with Gasteiger partial charge in [-0.1, -0.05) is 18.2 Å². The number of methoxy groups -OCH3 is 3. The fourth-order valence-corrected chi connectivity index (χ4v) is 3.75. The molecule has 1 saturated heterocycles. The first-order chi connectivity index (χ1) is 14.0. The zero-order valence-electron chi connectivity index (χ0n) is 16.6.